The second-order valence-electron chi connectivity index (χ2n) is 4.57. The van der Waals surface area contributed by atoms with Gasteiger partial charge in [0.25, 0.3) is 5.56 Å². The number of aromatic nitrogens is 4. The molecular formula is C12H19N5O2. The third-order valence-corrected chi connectivity index (χ3v) is 3.30. The predicted octanol–water partition coefficient (Wildman–Crippen LogP) is 0.275. The zero-order valence-corrected chi connectivity index (χ0v) is 11.7. The fraction of sp³-hybridized carbons (Fsp3) is 0.583. The van der Waals surface area contributed by atoms with Crippen molar-refractivity contribution in [2.24, 2.45) is 14.1 Å². The van der Waals surface area contributed by atoms with Crippen molar-refractivity contribution in [2.75, 3.05) is 12.4 Å². The van der Waals surface area contributed by atoms with Crippen molar-refractivity contribution in [3.8, 4) is 0 Å². The maximum atomic E-state index is 12.1. The number of anilines is 1. The molecule has 0 aliphatic carbocycles. The lowest BCUT2D eigenvalue weighted by atomic mass is 10.3. The molecule has 19 heavy (non-hydrogen) atoms. The summed E-state index contributed by atoms with van der Waals surface area (Å²) in [6.07, 6.45) is 1.99. The summed E-state index contributed by atoms with van der Waals surface area (Å²) in [6.45, 7) is 2.82. The zero-order valence-electron chi connectivity index (χ0n) is 11.7. The Balaban J connectivity index is 2.86. The van der Waals surface area contributed by atoms with Crippen LogP contribution < -0.4 is 16.6 Å². The van der Waals surface area contributed by atoms with Crippen molar-refractivity contribution >= 4 is 17.1 Å². The highest BCUT2D eigenvalue weighted by molar-refractivity contribution is 5.74. The van der Waals surface area contributed by atoms with E-state index in [-0.39, 0.29) is 11.2 Å². The molecule has 7 nitrogen and oxygen atoms in total. The molecule has 0 aliphatic rings. The molecule has 0 saturated heterocycles. The van der Waals surface area contributed by atoms with E-state index in [0.717, 1.165) is 24.0 Å². The van der Waals surface area contributed by atoms with Gasteiger partial charge in [-0.25, -0.2) is 9.78 Å². The van der Waals surface area contributed by atoms with E-state index in [1.165, 1.54) is 11.6 Å². The van der Waals surface area contributed by atoms with Gasteiger partial charge in [-0.15, -0.1) is 0 Å². The van der Waals surface area contributed by atoms with Gasteiger partial charge < -0.3 is 5.32 Å². The van der Waals surface area contributed by atoms with Gasteiger partial charge in [0.1, 0.15) is 0 Å². The minimum atomic E-state index is -0.357. The predicted molar refractivity (Wildman–Crippen MR) is 74.7 cm³/mol. The smallest absolute Gasteiger partial charge is 0.332 e. The molecule has 0 aliphatic heterocycles. The first-order valence-electron chi connectivity index (χ1n) is 6.36. The maximum Gasteiger partial charge on any atom is 0.332 e. The van der Waals surface area contributed by atoms with Crippen molar-refractivity contribution in [2.45, 2.75) is 26.3 Å². The second-order valence-corrected chi connectivity index (χ2v) is 4.57. The van der Waals surface area contributed by atoms with Gasteiger partial charge in [0.2, 0.25) is 5.95 Å². The number of nitrogens with one attached hydrogen (secondary N) is 1. The fourth-order valence-corrected chi connectivity index (χ4v) is 2.21. The summed E-state index contributed by atoms with van der Waals surface area (Å²) in [5.74, 6) is 0.613. The number of hydrogen-bond acceptors (Lipinski definition) is 4. The molecule has 0 saturated carbocycles. The van der Waals surface area contributed by atoms with E-state index in [9.17, 15) is 9.59 Å². The maximum absolute atomic E-state index is 12.1. The number of unbranched alkanes of at least 4 members (excludes halogenated alkanes) is 1. The van der Waals surface area contributed by atoms with Crippen LogP contribution in [0.3, 0.4) is 0 Å². The molecule has 1 N–H and O–H groups in total. The van der Waals surface area contributed by atoms with Crippen LogP contribution in [0.5, 0.6) is 0 Å². The highest BCUT2D eigenvalue weighted by atomic mass is 16.2. The summed E-state index contributed by atoms with van der Waals surface area (Å²) >= 11 is 0. The first-order valence-corrected chi connectivity index (χ1v) is 6.36. The Hall–Kier alpha value is -2.05. The molecule has 0 spiro atoms. The van der Waals surface area contributed by atoms with Crippen LogP contribution in [0.2, 0.25) is 0 Å². The standard InChI is InChI=1S/C12H19N5O2/c1-5-6-7-17-9-8(14-11(17)13-2)10(18)16(4)12(19)15(9)3/h5-7H2,1-4H3,(H,13,14). The first kappa shape index (κ1) is 13.4. The molecule has 104 valence electrons. The van der Waals surface area contributed by atoms with Gasteiger partial charge in [0, 0.05) is 27.7 Å². The molecule has 0 radical (unpaired) electrons. The minimum absolute atomic E-state index is 0.324. The van der Waals surface area contributed by atoms with E-state index in [2.05, 4.69) is 17.2 Å². The summed E-state index contributed by atoms with van der Waals surface area (Å²) in [4.78, 5) is 28.4. The molecule has 2 rings (SSSR count). The van der Waals surface area contributed by atoms with Gasteiger partial charge in [-0.05, 0) is 6.42 Å². The Morgan fingerprint density at radius 1 is 1.21 bits per heavy atom. The van der Waals surface area contributed by atoms with Crippen molar-refractivity contribution in [3.63, 3.8) is 0 Å². The summed E-state index contributed by atoms with van der Waals surface area (Å²) < 4.78 is 4.45. The Morgan fingerprint density at radius 2 is 1.89 bits per heavy atom. The Morgan fingerprint density at radius 3 is 2.47 bits per heavy atom. The van der Waals surface area contributed by atoms with Gasteiger partial charge in [-0.2, -0.15) is 0 Å². The molecule has 0 amide bonds. The molecule has 0 aromatic carbocycles. The van der Waals surface area contributed by atoms with Gasteiger partial charge >= 0.3 is 5.69 Å². The van der Waals surface area contributed by atoms with E-state index in [1.54, 1.807) is 14.1 Å². The van der Waals surface area contributed by atoms with Crippen LogP contribution in [0.1, 0.15) is 19.8 Å². The lowest BCUT2D eigenvalue weighted by Gasteiger charge is -2.10. The number of fused-ring (bicyclic) bond motifs is 1. The fourth-order valence-electron chi connectivity index (χ4n) is 2.21. The summed E-state index contributed by atoms with van der Waals surface area (Å²) in [7, 11) is 4.88. The van der Waals surface area contributed by atoms with Crippen LogP contribution in [-0.2, 0) is 20.6 Å². The SMILES string of the molecule is CCCCn1c(NC)nc2c(=O)n(C)c(=O)n(C)c21. The highest BCUT2D eigenvalue weighted by Crippen LogP contribution is 2.16. The number of nitrogens with zero attached hydrogens (tertiary/aromatic N) is 4. The molecule has 0 fully saturated rings. The lowest BCUT2D eigenvalue weighted by molar-refractivity contribution is 0.626. The van der Waals surface area contributed by atoms with Crippen LogP contribution in [-0.4, -0.2) is 25.7 Å². The first-order chi connectivity index (χ1) is 9.02. The minimum Gasteiger partial charge on any atom is -0.359 e. The van der Waals surface area contributed by atoms with Crippen molar-refractivity contribution < 1.29 is 0 Å². The third-order valence-electron chi connectivity index (χ3n) is 3.30. The van der Waals surface area contributed by atoms with Crippen LogP contribution in [0.4, 0.5) is 5.95 Å². The van der Waals surface area contributed by atoms with E-state index < -0.39 is 0 Å². The van der Waals surface area contributed by atoms with Crippen molar-refractivity contribution in [3.05, 3.63) is 20.8 Å². The van der Waals surface area contributed by atoms with Crippen molar-refractivity contribution in [1.82, 2.24) is 18.7 Å². The highest BCUT2D eigenvalue weighted by Gasteiger charge is 2.17. The average molecular weight is 265 g/mol. The van der Waals surface area contributed by atoms with E-state index in [1.807, 2.05) is 4.57 Å². The Kier molecular flexibility index (Phi) is 3.46. The van der Waals surface area contributed by atoms with Crippen molar-refractivity contribution in [1.29, 1.82) is 0 Å². The summed E-state index contributed by atoms with van der Waals surface area (Å²) in [6, 6.07) is 0. The van der Waals surface area contributed by atoms with Gasteiger partial charge in [-0.1, -0.05) is 13.3 Å². The summed E-state index contributed by atoms with van der Waals surface area (Å²) in [5, 5.41) is 2.98. The van der Waals surface area contributed by atoms with Crippen LogP contribution in [0, 0.1) is 0 Å². The van der Waals surface area contributed by atoms with E-state index >= 15 is 0 Å². The Bertz CT molecular complexity index is 722. The van der Waals surface area contributed by atoms with E-state index in [0.29, 0.717) is 17.1 Å². The molecule has 2 heterocycles. The van der Waals surface area contributed by atoms with Gasteiger partial charge in [0.15, 0.2) is 11.2 Å². The molecular weight excluding hydrogens is 246 g/mol. The number of rotatable bonds is 4. The molecule has 2 aromatic heterocycles. The molecule has 2 aromatic rings. The molecule has 7 heteroatoms. The number of aryl methyl sites for hydroxylation is 2. The van der Waals surface area contributed by atoms with Gasteiger partial charge in [-0.3, -0.25) is 18.5 Å². The average Bonchev–Trinajstić information content (AvgIpc) is 2.79. The molecule has 0 bridgehead atoms. The Labute approximate surface area is 110 Å². The van der Waals surface area contributed by atoms with Crippen LogP contribution >= 0.6 is 0 Å². The molecule has 0 atom stereocenters. The number of imidazole rings is 1. The lowest BCUT2D eigenvalue weighted by Crippen LogP contribution is -2.37. The van der Waals surface area contributed by atoms with Crippen LogP contribution in [0.25, 0.3) is 11.2 Å². The second kappa shape index (κ2) is 4.91. The largest absolute Gasteiger partial charge is 0.359 e. The monoisotopic (exact) mass is 265 g/mol. The van der Waals surface area contributed by atoms with Crippen LogP contribution in [0.15, 0.2) is 9.59 Å². The molecule has 0 unspecified atom stereocenters. The van der Waals surface area contributed by atoms with Gasteiger partial charge in [0.05, 0.1) is 0 Å². The topological polar surface area (TPSA) is 73.8 Å². The normalized spacial score (nSPS) is 11.2. The zero-order chi connectivity index (χ0) is 14.2. The van der Waals surface area contributed by atoms with E-state index in [4.69, 9.17) is 0 Å². The third kappa shape index (κ3) is 1.94. The number of hydrogen-bond donors (Lipinski definition) is 1. The summed E-state index contributed by atoms with van der Waals surface area (Å²) in [5.41, 5.74) is 0.207. The quantitative estimate of drug-likeness (QED) is 0.861.